The molecule has 1 saturated heterocycles. The highest BCUT2D eigenvalue weighted by Gasteiger charge is 2.31. The van der Waals surface area contributed by atoms with Crippen molar-refractivity contribution in [1.82, 2.24) is 10.2 Å². The largest absolute Gasteiger partial charge is 0.497 e. The third-order valence-electron chi connectivity index (χ3n) is 6.91. The highest BCUT2D eigenvalue weighted by molar-refractivity contribution is 7.92. The number of amides is 1. The topological polar surface area (TPSA) is 116 Å². The summed E-state index contributed by atoms with van der Waals surface area (Å²) in [5.41, 5.74) is 2.21. The van der Waals surface area contributed by atoms with E-state index in [4.69, 9.17) is 23.7 Å². The summed E-state index contributed by atoms with van der Waals surface area (Å²) in [4.78, 5) is 15.5. The predicted molar refractivity (Wildman–Crippen MR) is 158 cm³/mol. The van der Waals surface area contributed by atoms with Gasteiger partial charge in [-0.15, -0.1) is 0 Å². The van der Waals surface area contributed by atoms with Crippen molar-refractivity contribution in [3.63, 3.8) is 0 Å². The van der Waals surface area contributed by atoms with Gasteiger partial charge in [0.1, 0.15) is 18.0 Å². The molecule has 1 amide bonds. The van der Waals surface area contributed by atoms with Gasteiger partial charge in [-0.25, -0.2) is 8.42 Å². The number of nitrogens with zero attached hydrogens (tertiary/aromatic N) is 2. The van der Waals surface area contributed by atoms with Crippen LogP contribution in [0, 0.1) is 0 Å². The molecule has 1 fully saturated rings. The minimum atomic E-state index is -4.28. The molecule has 0 radical (unpaired) electrons. The maximum atomic E-state index is 14.0. The van der Waals surface area contributed by atoms with Gasteiger partial charge < -0.3 is 29.0 Å². The van der Waals surface area contributed by atoms with E-state index in [1.807, 2.05) is 24.3 Å². The minimum Gasteiger partial charge on any atom is -0.497 e. The van der Waals surface area contributed by atoms with Crippen molar-refractivity contribution in [2.45, 2.75) is 18.0 Å². The molecule has 3 aromatic rings. The lowest BCUT2D eigenvalue weighted by molar-refractivity contribution is -0.119. The van der Waals surface area contributed by atoms with E-state index in [1.165, 1.54) is 58.3 Å². The molecule has 12 heteroatoms. The van der Waals surface area contributed by atoms with Crippen molar-refractivity contribution < 1.29 is 36.9 Å². The second-order valence-electron chi connectivity index (χ2n) is 9.55. The SMILES string of the molecule is COc1ccc(OC)c(N(CC(=O)NCc2ccc(CN3CCOCC3)cc2)S(=O)(=O)c2ccc(OC)c(OC)c2)c1. The number of nitrogens with one attached hydrogen (secondary N) is 1. The molecule has 1 heterocycles. The van der Waals surface area contributed by atoms with Crippen LogP contribution in [-0.2, 0) is 32.6 Å². The van der Waals surface area contributed by atoms with Gasteiger partial charge in [-0.1, -0.05) is 24.3 Å². The van der Waals surface area contributed by atoms with Crippen LogP contribution in [0.25, 0.3) is 0 Å². The molecule has 1 aliphatic rings. The van der Waals surface area contributed by atoms with Gasteiger partial charge in [-0.3, -0.25) is 14.0 Å². The van der Waals surface area contributed by atoms with Crippen LogP contribution in [0.3, 0.4) is 0 Å². The molecule has 0 aliphatic carbocycles. The number of hydrogen-bond acceptors (Lipinski definition) is 9. The Hall–Kier alpha value is -4.00. The average molecular weight is 600 g/mol. The number of carbonyl (C=O) groups is 1. The van der Waals surface area contributed by atoms with E-state index in [-0.39, 0.29) is 28.6 Å². The Labute approximate surface area is 246 Å². The summed E-state index contributed by atoms with van der Waals surface area (Å²) < 4.78 is 55.8. The van der Waals surface area contributed by atoms with E-state index in [0.29, 0.717) is 11.5 Å². The molecule has 4 rings (SSSR count). The molecule has 0 unspecified atom stereocenters. The summed E-state index contributed by atoms with van der Waals surface area (Å²) in [6.45, 7) is 3.85. The highest BCUT2D eigenvalue weighted by Crippen LogP contribution is 2.37. The van der Waals surface area contributed by atoms with Crippen LogP contribution in [0.2, 0.25) is 0 Å². The first-order chi connectivity index (χ1) is 20.3. The standard InChI is InChI=1S/C30H37N3O8S/c1-37-24-9-11-27(38-2)26(17-24)33(42(35,36)25-10-12-28(39-3)29(18-25)40-4)21-30(34)31-19-22-5-7-23(8-6-22)20-32-13-15-41-16-14-32/h5-12,17-18H,13-16,19-21H2,1-4H3,(H,31,34). The Morgan fingerprint density at radius 1 is 0.833 bits per heavy atom. The Kier molecular flexibility index (Phi) is 10.5. The summed E-state index contributed by atoms with van der Waals surface area (Å²) in [6.07, 6.45) is 0. The van der Waals surface area contributed by atoms with Gasteiger partial charge in [0.25, 0.3) is 10.0 Å². The molecule has 42 heavy (non-hydrogen) atoms. The molecule has 0 bridgehead atoms. The molecular weight excluding hydrogens is 562 g/mol. The van der Waals surface area contributed by atoms with E-state index in [1.54, 1.807) is 12.1 Å². The fourth-order valence-electron chi connectivity index (χ4n) is 4.56. The number of hydrogen-bond donors (Lipinski definition) is 1. The van der Waals surface area contributed by atoms with E-state index in [9.17, 15) is 13.2 Å². The Morgan fingerprint density at radius 3 is 2.12 bits per heavy atom. The molecule has 1 aliphatic heterocycles. The van der Waals surface area contributed by atoms with Crippen molar-refractivity contribution in [2.75, 3.05) is 65.6 Å². The zero-order chi connectivity index (χ0) is 30.1. The summed E-state index contributed by atoms with van der Waals surface area (Å²) >= 11 is 0. The van der Waals surface area contributed by atoms with Crippen LogP contribution in [0.5, 0.6) is 23.0 Å². The molecule has 0 saturated carbocycles. The Bertz CT molecular complexity index is 1460. The van der Waals surface area contributed by atoms with Crippen molar-refractivity contribution >= 4 is 21.6 Å². The van der Waals surface area contributed by atoms with Crippen LogP contribution in [0.4, 0.5) is 5.69 Å². The molecular formula is C30H37N3O8S. The highest BCUT2D eigenvalue weighted by atomic mass is 32.2. The maximum Gasteiger partial charge on any atom is 0.265 e. The van der Waals surface area contributed by atoms with E-state index in [2.05, 4.69) is 10.2 Å². The summed E-state index contributed by atoms with van der Waals surface area (Å²) in [7, 11) is 1.49. The normalized spacial score (nSPS) is 13.7. The quantitative estimate of drug-likeness (QED) is 0.317. The fourth-order valence-corrected chi connectivity index (χ4v) is 6.00. The van der Waals surface area contributed by atoms with Gasteiger partial charge in [0.2, 0.25) is 5.91 Å². The zero-order valence-corrected chi connectivity index (χ0v) is 25.1. The number of methoxy groups -OCH3 is 4. The van der Waals surface area contributed by atoms with Gasteiger partial charge in [0, 0.05) is 38.3 Å². The number of sulfonamides is 1. The number of benzene rings is 3. The summed E-state index contributed by atoms with van der Waals surface area (Å²) in [5.74, 6) is 0.758. The van der Waals surface area contributed by atoms with Gasteiger partial charge in [-0.2, -0.15) is 0 Å². The first kappa shape index (κ1) is 30.9. The molecule has 1 N–H and O–H groups in total. The van der Waals surface area contributed by atoms with Crippen LogP contribution in [0.1, 0.15) is 11.1 Å². The number of ether oxygens (including phenoxy) is 5. The van der Waals surface area contributed by atoms with Crippen molar-refractivity contribution in [3.8, 4) is 23.0 Å². The van der Waals surface area contributed by atoms with Crippen molar-refractivity contribution in [1.29, 1.82) is 0 Å². The second-order valence-corrected chi connectivity index (χ2v) is 11.4. The molecule has 3 aromatic carbocycles. The monoisotopic (exact) mass is 599 g/mol. The maximum absolute atomic E-state index is 14.0. The van der Waals surface area contributed by atoms with Crippen LogP contribution in [-0.4, -0.2) is 80.5 Å². The summed E-state index contributed by atoms with van der Waals surface area (Å²) in [6, 6.07) is 17.0. The lowest BCUT2D eigenvalue weighted by Crippen LogP contribution is -2.41. The molecule has 226 valence electrons. The third-order valence-corrected chi connectivity index (χ3v) is 8.66. The lowest BCUT2D eigenvalue weighted by Gasteiger charge is -2.26. The predicted octanol–water partition coefficient (Wildman–Crippen LogP) is 3.06. The fraction of sp³-hybridized carbons (Fsp3) is 0.367. The minimum absolute atomic E-state index is 0.0892. The lowest BCUT2D eigenvalue weighted by atomic mass is 10.1. The second kappa shape index (κ2) is 14.3. The third kappa shape index (κ3) is 7.44. The molecule has 0 spiro atoms. The Morgan fingerprint density at radius 2 is 1.48 bits per heavy atom. The first-order valence-electron chi connectivity index (χ1n) is 13.4. The van der Waals surface area contributed by atoms with Crippen molar-refractivity contribution in [2.24, 2.45) is 0 Å². The average Bonchev–Trinajstić information content (AvgIpc) is 3.03. The number of anilines is 1. The smallest absolute Gasteiger partial charge is 0.265 e. The van der Waals surface area contributed by atoms with Gasteiger partial charge in [0.15, 0.2) is 11.5 Å². The number of rotatable bonds is 13. The van der Waals surface area contributed by atoms with Gasteiger partial charge in [0.05, 0.1) is 52.2 Å². The Balaban J connectivity index is 1.55. The van der Waals surface area contributed by atoms with Gasteiger partial charge >= 0.3 is 0 Å². The number of morpholine rings is 1. The molecule has 0 aromatic heterocycles. The molecule has 0 atom stereocenters. The number of carbonyl (C=O) groups excluding carboxylic acids is 1. The van der Waals surface area contributed by atoms with Crippen LogP contribution < -0.4 is 28.6 Å². The zero-order valence-electron chi connectivity index (χ0n) is 24.3. The first-order valence-corrected chi connectivity index (χ1v) is 14.8. The van der Waals surface area contributed by atoms with Crippen LogP contribution in [0.15, 0.2) is 65.6 Å². The van der Waals surface area contributed by atoms with Crippen molar-refractivity contribution in [3.05, 3.63) is 71.8 Å². The van der Waals surface area contributed by atoms with E-state index >= 15 is 0 Å². The van der Waals surface area contributed by atoms with Crippen LogP contribution >= 0.6 is 0 Å². The summed E-state index contributed by atoms with van der Waals surface area (Å²) in [5, 5.41) is 2.84. The van der Waals surface area contributed by atoms with E-state index in [0.717, 1.165) is 42.7 Å². The van der Waals surface area contributed by atoms with Gasteiger partial charge in [-0.05, 0) is 35.4 Å². The molecule has 11 nitrogen and oxygen atoms in total. The van der Waals surface area contributed by atoms with E-state index < -0.39 is 22.5 Å².